The van der Waals surface area contributed by atoms with Gasteiger partial charge in [-0.25, -0.2) is 9.97 Å². The van der Waals surface area contributed by atoms with E-state index < -0.39 is 23.8 Å². The number of ether oxygens (including phenoxy) is 1. The molecule has 0 atom stereocenters. The second kappa shape index (κ2) is 14.8. The van der Waals surface area contributed by atoms with Crippen molar-refractivity contribution in [2.24, 2.45) is 11.3 Å². The predicted octanol–water partition coefficient (Wildman–Crippen LogP) is 3.59. The molecular formula is C37H42F3N6NaO3. The van der Waals surface area contributed by atoms with Crippen LogP contribution in [0.15, 0.2) is 42.6 Å². The number of aromatic nitrogens is 4. The van der Waals surface area contributed by atoms with Gasteiger partial charge in [-0.05, 0) is 86.4 Å². The van der Waals surface area contributed by atoms with Crippen molar-refractivity contribution < 1.29 is 57.4 Å². The van der Waals surface area contributed by atoms with Crippen LogP contribution in [-0.2, 0) is 15.7 Å². The van der Waals surface area contributed by atoms with Crippen molar-refractivity contribution in [3.05, 3.63) is 53.9 Å². The van der Waals surface area contributed by atoms with Crippen molar-refractivity contribution in [1.29, 1.82) is 0 Å². The Kier molecular flexibility index (Phi) is 10.8. The van der Waals surface area contributed by atoms with Crippen molar-refractivity contribution in [1.82, 2.24) is 19.9 Å². The van der Waals surface area contributed by atoms with E-state index in [2.05, 4.69) is 19.8 Å². The van der Waals surface area contributed by atoms with Crippen LogP contribution in [0.3, 0.4) is 0 Å². The largest absolute Gasteiger partial charge is 1.00 e. The monoisotopic (exact) mass is 698 g/mol. The van der Waals surface area contributed by atoms with E-state index in [1.807, 2.05) is 37.4 Å². The number of imidazole rings is 1. The molecule has 3 fully saturated rings. The number of nitrogens with one attached hydrogen (secondary N) is 1. The Morgan fingerprint density at radius 1 is 1.04 bits per heavy atom. The number of H-pyrrole nitrogens is 1. The molecular weight excluding hydrogens is 656 g/mol. The maximum Gasteiger partial charge on any atom is 1.00 e. The SMILES string of the molecule is COCC1(CN(C)c2cc(-c3cnc(C(F)(F)F)c(C4CC4)c3)nc3nc(-c4ccc(N5CCC(C(=O)[O-])CC5)cc4)[nH]c23)CCCCC1.[Na+]. The number of benzene rings is 1. The topological polar surface area (TPSA) is 110 Å². The summed E-state index contributed by atoms with van der Waals surface area (Å²) in [6, 6.07) is 11.5. The van der Waals surface area contributed by atoms with Gasteiger partial charge < -0.3 is 29.4 Å². The van der Waals surface area contributed by atoms with E-state index in [4.69, 9.17) is 14.7 Å². The number of aromatic amines is 1. The first-order valence-corrected chi connectivity index (χ1v) is 17.3. The number of hydrogen-bond acceptors (Lipinski definition) is 8. The third-order valence-corrected chi connectivity index (χ3v) is 10.6. The predicted molar refractivity (Wildman–Crippen MR) is 180 cm³/mol. The van der Waals surface area contributed by atoms with Crippen LogP contribution >= 0.6 is 0 Å². The van der Waals surface area contributed by atoms with Gasteiger partial charge in [0.2, 0.25) is 0 Å². The molecule has 3 aliphatic rings. The minimum atomic E-state index is -4.52. The van der Waals surface area contributed by atoms with E-state index >= 15 is 0 Å². The molecule has 50 heavy (non-hydrogen) atoms. The van der Waals surface area contributed by atoms with E-state index in [-0.39, 0.29) is 46.5 Å². The first-order valence-electron chi connectivity index (χ1n) is 17.3. The number of carbonyl (C=O) groups excluding carboxylic acids is 1. The van der Waals surface area contributed by atoms with Crippen LogP contribution in [0.4, 0.5) is 24.5 Å². The van der Waals surface area contributed by atoms with Gasteiger partial charge in [-0.15, -0.1) is 0 Å². The Labute approximate surface area is 312 Å². The number of rotatable bonds is 10. The van der Waals surface area contributed by atoms with Crippen LogP contribution in [0.1, 0.15) is 75.0 Å². The van der Waals surface area contributed by atoms with Crippen molar-refractivity contribution >= 4 is 28.5 Å². The number of alkyl halides is 3. The summed E-state index contributed by atoms with van der Waals surface area (Å²) in [6.07, 6.45) is 4.94. The molecule has 1 saturated heterocycles. The molecule has 3 aromatic heterocycles. The molecule has 4 aromatic rings. The second-order valence-corrected chi connectivity index (χ2v) is 14.2. The summed E-state index contributed by atoms with van der Waals surface area (Å²) in [4.78, 5) is 32.9. The standard InChI is InChI=1S/C37H43F3N6O3.Na/c1-45(21-36(22-49-2)14-4-3-5-15-36)30-19-29(26-18-28(23-6-7-23)32(41-20-26)37(38,39)40)42-34-31(30)43-33(44-34)24-8-10-27(11-9-24)46-16-12-25(13-17-46)35(47)48;/h8-11,18-20,23,25H,3-7,12-17,21-22H2,1-2H3,(H,47,48)(H,42,43,44);/q;+1/p-1. The second-order valence-electron chi connectivity index (χ2n) is 14.2. The normalized spacial score (nSPS) is 18.2. The molecule has 2 aliphatic carbocycles. The maximum absolute atomic E-state index is 13.9. The molecule has 13 heteroatoms. The molecule has 0 unspecified atom stereocenters. The summed E-state index contributed by atoms with van der Waals surface area (Å²) in [7, 11) is 3.79. The average Bonchev–Trinajstić information content (AvgIpc) is 3.86. The molecule has 0 radical (unpaired) electrons. The van der Waals surface area contributed by atoms with Gasteiger partial charge in [0.05, 0.1) is 18.0 Å². The Morgan fingerprint density at radius 3 is 2.36 bits per heavy atom. The number of aliphatic carboxylic acids is 1. The van der Waals surface area contributed by atoms with Crippen molar-refractivity contribution in [3.8, 4) is 22.6 Å². The molecule has 9 nitrogen and oxygen atoms in total. The number of piperidine rings is 1. The van der Waals surface area contributed by atoms with Crippen LogP contribution in [0.5, 0.6) is 0 Å². The van der Waals surface area contributed by atoms with E-state index in [1.54, 1.807) is 13.2 Å². The summed E-state index contributed by atoms with van der Waals surface area (Å²) in [5.74, 6) is -0.898. The summed E-state index contributed by atoms with van der Waals surface area (Å²) in [6.45, 7) is 2.70. The van der Waals surface area contributed by atoms with Gasteiger partial charge in [0.25, 0.3) is 0 Å². The molecule has 2 saturated carbocycles. The maximum atomic E-state index is 13.9. The summed E-state index contributed by atoms with van der Waals surface area (Å²) < 4.78 is 47.3. The third-order valence-electron chi connectivity index (χ3n) is 10.6. The summed E-state index contributed by atoms with van der Waals surface area (Å²) >= 11 is 0. The van der Waals surface area contributed by atoms with Crippen molar-refractivity contribution in [2.45, 2.75) is 69.9 Å². The molecule has 0 spiro atoms. The van der Waals surface area contributed by atoms with Crippen LogP contribution in [0.2, 0.25) is 0 Å². The van der Waals surface area contributed by atoms with Gasteiger partial charge in [-0.1, -0.05) is 19.3 Å². The number of carboxylic acids is 1. The fourth-order valence-electron chi connectivity index (χ4n) is 7.87. The number of anilines is 2. The zero-order valence-electron chi connectivity index (χ0n) is 29.0. The summed E-state index contributed by atoms with van der Waals surface area (Å²) in [5.41, 5.74) is 4.41. The zero-order valence-corrected chi connectivity index (χ0v) is 31.0. The Morgan fingerprint density at radius 2 is 1.74 bits per heavy atom. The van der Waals surface area contributed by atoms with Gasteiger partial charge in [0.15, 0.2) is 5.65 Å². The van der Waals surface area contributed by atoms with Crippen LogP contribution in [-0.4, -0.2) is 66.3 Å². The number of halogens is 3. The van der Waals surface area contributed by atoms with Gasteiger partial charge in [-0.2, -0.15) is 13.2 Å². The van der Waals surface area contributed by atoms with E-state index in [0.29, 0.717) is 55.3 Å². The average molecular weight is 699 g/mol. The minimum Gasteiger partial charge on any atom is -0.550 e. The summed E-state index contributed by atoms with van der Waals surface area (Å²) in [5, 5.41) is 11.3. The molecule has 1 N–H and O–H groups in total. The van der Waals surface area contributed by atoms with Gasteiger partial charge in [0.1, 0.15) is 17.0 Å². The molecule has 7 rings (SSSR count). The molecule has 0 bridgehead atoms. The Balaban J connectivity index is 0.00000432. The Bertz CT molecular complexity index is 1810. The minimum absolute atomic E-state index is 0. The molecule has 4 heterocycles. The van der Waals surface area contributed by atoms with E-state index in [9.17, 15) is 23.1 Å². The first-order chi connectivity index (χ1) is 23.5. The van der Waals surface area contributed by atoms with Gasteiger partial charge in [-0.3, -0.25) is 4.98 Å². The molecule has 1 aliphatic heterocycles. The quantitative estimate of drug-likeness (QED) is 0.251. The van der Waals surface area contributed by atoms with Gasteiger partial charge in [0, 0.05) is 74.1 Å². The first kappa shape index (κ1) is 36.6. The number of fused-ring (bicyclic) bond motifs is 1. The van der Waals surface area contributed by atoms with Crippen LogP contribution < -0.4 is 44.5 Å². The number of methoxy groups -OCH3 is 1. The van der Waals surface area contributed by atoms with Crippen molar-refractivity contribution in [3.63, 3.8) is 0 Å². The number of carbonyl (C=O) groups is 1. The molecule has 260 valence electrons. The number of hydrogen-bond donors (Lipinski definition) is 1. The van der Waals surface area contributed by atoms with Crippen LogP contribution in [0.25, 0.3) is 33.8 Å². The smallest absolute Gasteiger partial charge is 0.550 e. The molecule has 0 amide bonds. The zero-order chi connectivity index (χ0) is 34.3. The number of pyridine rings is 2. The number of nitrogens with zero attached hydrogens (tertiary/aromatic N) is 5. The van der Waals surface area contributed by atoms with Gasteiger partial charge >= 0.3 is 35.7 Å². The van der Waals surface area contributed by atoms with Crippen LogP contribution in [0, 0.1) is 11.3 Å². The third kappa shape index (κ3) is 7.68. The fourth-order valence-corrected chi connectivity index (χ4v) is 7.87. The van der Waals surface area contributed by atoms with Crippen molar-refractivity contribution in [2.75, 3.05) is 50.2 Å². The Hall–Kier alpha value is -3.19. The van der Waals surface area contributed by atoms with E-state index in [1.165, 1.54) is 12.6 Å². The molecule has 1 aromatic carbocycles. The fraction of sp³-hybridized carbons (Fsp3) is 0.514. The number of carboxylic acid groups (broad SMARTS) is 1. The van der Waals surface area contributed by atoms with E-state index in [0.717, 1.165) is 67.5 Å².